The Bertz CT molecular complexity index is 1400. The minimum Gasteiger partial charge on any atom is -0.355 e. The van der Waals surface area contributed by atoms with Gasteiger partial charge in [0.15, 0.2) is 5.82 Å². The fraction of sp³-hybridized carbons (Fsp3) is 0.435. The first kappa shape index (κ1) is 24.6. The van der Waals surface area contributed by atoms with Gasteiger partial charge < -0.3 is 4.90 Å². The van der Waals surface area contributed by atoms with E-state index in [-0.39, 0.29) is 6.07 Å². The van der Waals surface area contributed by atoms with Gasteiger partial charge in [-0.05, 0) is 61.9 Å². The zero-order valence-corrected chi connectivity index (χ0v) is 20.2. The third kappa shape index (κ3) is 4.57. The Balaban J connectivity index is 1.32. The van der Waals surface area contributed by atoms with Crippen molar-refractivity contribution in [2.75, 3.05) is 18.0 Å². The molecule has 3 aromatic rings. The highest BCUT2D eigenvalue weighted by Crippen LogP contribution is 2.37. The molecule has 2 aromatic heterocycles. The molecule has 1 aliphatic heterocycles. The summed E-state index contributed by atoms with van der Waals surface area (Å²) in [5, 5.41) is 13.2. The van der Waals surface area contributed by atoms with Gasteiger partial charge in [0.25, 0.3) is 0 Å². The van der Waals surface area contributed by atoms with Gasteiger partial charge in [0, 0.05) is 37.9 Å². The molecule has 1 N–H and O–H groups in total. The maximum atomic E-state index is 13.4. The van der Waals surface area contributed by atoms with Crippen LogP contribution in [0.15, 0.2) is 35.4 Å². The number of nitrogens with one attached hydrogen (secondary N) is 1. The molecule has 0 atom stereocenters. The monoisotopic (exact) mass is 524 g/mol. The van der Waals surface area contributed by atoms with Crippen molar-refractivity contribution in [3.8, 4) is 11.4 Å². The number of rotatable bonds is 5. The van der Waals surface area contributed by atoms with Crippen molar-refractivity contribution >= 4 is 15.8 Å². The average molecular weight is 525 g/mol. The number of aryl methyl sites for hydroxylation is 1. The summed E-state index contributed by atoms with van der Waals surface area (Å²) in [4.78, 5) is 1.07. The number of piperidine rings is 1. The van der Waals surface area contributed by atoms with Gasteiger partial charge in [0.1, 0.15) is 11.5 Å². The number of halogens is 4. The molecule has 0 radical (unpaired) electrons. The number of sulfonamides is 1. The van der Waals surface area contributed by atoms with Crippen LogP contribution in [0.1, 0.15) is 36.0 Å². The van der Waals surface area contributed by atoms with Crippen molar-refractivity contribution in [1.29, 1.82) is 0 Å². The SMILES string of the molecule is Cn1nccc1-c1nnc(N2CCC(NS(=O)(=O)c3ccc(F)cc3C(F)(F)F)CC2)c2c1CCC2. The Morgan fingerprint density at radius 3 is 2.44 bits per heavy atom. The second-order valence-electron chi connectivity index (χ2n) is 9.04. The molecule has 3 heterocycles. The van der Waals surface area contributed by atoms with Crippen LogP contribution in [0.5, 0.6) is 0 Å². The van der Waals surface area contributed by atoms with E-state index in [0.29, 0.717) is 38.1 Å². The van der Waals surface area contributed by atoms with Gasteiger partial charge in [-0.15, -0.1) is 10.2 Å². The summed E-state index contributed by atoms with van der Waals surface area (Å²) in [7, 11) is -2.66. The second kappa shape index (κ2) is 9.11. The van der Waals surface area contributed by atoms with E-state index in [4.69, 9.17) is 0 Å². The van der Waals surface area contributed by atoms with E-state index in [1.54, 1.807) is 10.9 Å². The summed E-state index contributed by atoms with van der Waals surface area (Å²) in [6.45, 7) is 0.934. The van der Waals surface area contributed by atoms with Gasteiger partial charge in [0.05, 0.1) is 16.2 Å². The number of alkyl halides is 3. The van der Waals surface area contributed by atoms with Crippen LogP contribution in [0.4, 0.5) is 23.4 Å². The normalized spacial score (nSPS) is 17.0. The number of aromatic nitrogens is 4. The molecule has 1 aromatic carbocycles. The van der Waals surface area contributed by atoms with Gasteiger partial charge in [-0.25, -0.2) is 17.5 Å². The Labute approximate surface area is 205 Å². The predicted molar refractivity (Wildman–Crippen MR) is 123 cm³/mol. The smallest absolute Gasteiger partial charge is 0.355 e. The molecule has 2 aliphatic rings. The lowest BCUT2D eigenvalue weighted by Gasteiger charge is -2.34. The molecule has 192 valence electrons. The van der Waals surface area contributed by atoms with Crippen LogP contribution in [0.25, 0.3) is 11.4 Å². The molecule has 1 saturated heterocycles. The minimum absolute atomic E-state index is 0.200. The third-order valence-electron chi connectivity index (χ3n) is 6.73. The zero-order valence-electron chi connectivity index (χ0n) is 19.4. The van der Waals surface area contributed by atoms with Crippen molar-refractivity contribution in [3.63, 3.8) is 0 Å². The minimum atomic E-state index is -5.00. The summed E-state index contributed by atoms with van der Waals surface area (Å²) >= 11 is 0. The summed E-state index contributed by atoms with van der Waals surface area (Å²) in [5.74, 6) is -0.384. The standard InChI is InChI=1S/C23H24F4N6O2S/c1-32-19(7-10-28-32)21-16-3-2-4-17(16)22(30-29-21)33-11-8-15(9-12-33)31-36(34,35)20-6-5-14(24)13-18(20)23(25,26)27/h5-7,10,13,15,31H,2-4,8-9,11-12H2,1H3. The molecular weight excluding hydrogens is 500 g/mol. The number of benzene rings is 1. The highest BCUT2D eigenvalue weighted by Gasteiger charge is 2.38. The van der Waals surface area contributed by atoms with E-state index in [9.17, 15) is 26.0 Å². The predicted octanol–water partition coefficient (Wildman–Crippen LogP) is 3.47. The topological polar surface area (TPSA) is 93.0 Å². The van der Waals surface area contributed by atoms with Crippen molar-refractivity contribution in [2.24, 2.45) is 7.05 Å². The van der Waals surface area contributed by atoms with E-state index in [1.165, 1.54) is 0 Å². The first-order valence-corrected chi connectivity index (χ1v) is 13.0. The van der Waals surface area contributed by atoms with Crippen LogP contribution >= 0.6 is 0 Å². The quantitative estimate of drug-likeness (QED) is 0.514. The lowest BCUT2D eigenvalue weighted by Crippen LogP contribution is -2.45. The highest BCUT2D eigenvalue weighted by atomic mass is 32.2. The molecule has 1 fully saturated rings. The number of nitrogens with zero attached hydrogens (tertiary/aromatic N) is 5. The number of hydrogen-bond donors (Lipinski definition) is 1. The van der Waals surface area contributed by atoms with Gasteiger partial charge in [-0.2, -0.15) is 18.3 Å². The van der Waals surface area contributed by atoms with Crippen LogP contribution in [0, 0.1) is 5.82 Å². The van der Waals surface area contributed by atoms with Crippen molar-refractivity contribution < 1.29 is 26.0 Å². The fourth-order valence-corrected chi connectivity index (χ4v) is 6.50. The highest BCUT2D eigenvalue weighted by molar-refractivity contribution is 7.89. The first-order chi connectivity index (χ1) is 17.0. The molecule has 1 aliphatic carbocycles. The average Bonchev–Trinajstić information content (AvgIpc) is 3.47. The van der Waals surface area contributed by atoms with Crippen molar-refractivity contribution in [1.82, 2.24) is 24.7 Å². The summed E-state index contributed by atoms with van der Waals surface area (Å²) in [6, 6.07) is 2.89. The molecular formula is C23H24F4N6O2S. The molecule has 13 heteroatoms. The van der Waals surface area contributed by atoms with E-state index >= 15 is 0 Å². The Kier molecular flexibility index (Phi) is 6.23. The van der Waals surface area contributed by atoms with E-state index in [1.807, 2.05) is 18.0 Å². The van der Waals surface area contributed by atoms with Crippen LogP contribution < -0.4 is 9.62 Å². The molecule has 0 spiro atoms. The summed E-state index contributed by atoms with van der Waals surface area (Å²) < 4.78 is 83.1. The van der Waals surface area contributed by atoms with Gasteiger partial charge in [0.2, 0.25) is 10.0 Å². The number of anilines is 1. The first-order valence-electron chi connectivity index (χ1n) is 11.6. The summed E-state index contributed by atoms with van der Waals surface area (Å²) in [6.07, 6.45) is 0.188. The largest absolute Gasteiger partial charge is 0.417 e. The van der Waals surface area contributed by atoms with Gasteiger partial charge in [-0.3, -0.25) is 4.68 Å². The van der Waals surface area contributed by atoms with Crippen LogP contribution in [0.2, 0.25) is 0 Å². The van der Waals surface area contributed by atoms with Crippen LogP contribution in [0.3, 0.4) is 0 Å². The number of hydrogen-bond acceptors (Lipinski definition) is 6. The van der Waals surface area contributed by atoms with Crippen LogP contribution in [-0.4, -0.2) is 47.5 Å². The second-order valence-corrected chi connectivity index (χ2v) is 10.7. The van der Waals surface area contributed by atoms with Crippen molar-refractivity contribution in [2.45, 2.75) is 49.2 Å². The Morgan fingerprint density at radius 2 is 1.78 bits per heavy atom. The molecule has 0 unspecified atom stereocenters. The van der Waals surface area contributed by atoms with Crippen LogP contribution in [-0.2, 0) is 36.1 Å². The van der Waals surface area contributed by atoms with E-state index in [2.05, 4.69) is 20.0 Å². The lowest BCUT2D eigenvalue weighted by atomic mass is 10.0. The van der Waals surface area contributed by atoms with E-state index < -0.39 is 38.5 Å². The lowest BCUT2D eigenvalue weighted by molar-refractivity contribution is -0.140. The molecule has 8 nitrogen and oxygen atoms in total. The van der Waals surface area contributed by atoms with Crippen molar-refractivity contribution in [3.05, 3.63) is 53.0 Å². The van der Waals surface area contributed by atoms with Gasteiger partial charge >= 0.3 is 6.18 Å². The zero-order chi connectivity index (χ0) is 25.7. The maximum Gasteiger partial charge on any atom is 0.417 e. The third-order valence-corrected chi connectivity index (χ3v) is 8.31. The van der Waals surface area contributed by atoms with E-state index in [0.717, 1.165) is 47.6 Å². The van der Waals surface area contributed by atoms with Gasteiger partial charge in [-0.1, -0.05) is 0 Å². The molecule has 0 saturated carbocycles. The molecule has 5 rings (SSSR count). The fourth-order valence-electron chi connectivity index (χ4n) is 4.99. The Morgan fingerprint density at radius 1 is 1.06 bits per heavy atom. The molecule has 0 bridgehead atoms. The number of fused-ring (bicyclic) bond motifs is 1. The molecule has 36 heavy (non-hydrogen) atoms. The molecule has 0 amide bonds. The summed E-state index contributed by atoms with van der Waals surface area (Å²) in [5.41, 5.74) is 2.45. The Hall–Kier alpha value is -3.06. The maximum absolute atomic E-state index is 13.4.